The fourth-order valence-electron chi connectivity index (χ4n) is 3.58. The molecule has 158 valence electrons. The van der Waals surface area contributed by atoms with Gasteiger partial charge in [-0.15, -0.1) is 0 Å². The van der Waals surface area contributed by atoms with E-state index < -0.39 is 0 Å². The van der Waals surface area contributed by atoms with E-state index in [9.17, 15) is 9.59 Å². The van der Waals surface area contributed by atoms with E-state index in [0.717, 1.165) is 12.0 Å². The van der Waals surface area contributed by atoms with E-state index in [1.54, 1.807) is 55.6 Å². The molecule has 0 fully saturated rings. The number of methoxy groups -OCH3 is 1. The van der Waals surface area contributed by atoms with Gasteiger partial charge >= 0.3 is 0 Å². The van der Waals surface area contributed by atoms with Crippen molar-refractivity contribution < 1.29 is 19.1 Å². The second-order valence-corrected chi connectivity index (χ2v) is 7.28. The third-order valence-electron chi connectivity index (χ3n) is 5.30. The van der Waals surface area contributed by atoms with Crippen molar-refractivity contribution >= 4 is 17.5 Å². The predicted molar refractivity (Wildman–Crippen MR) is 119 cm³/mol. The van der Waals surface area contributed by atoms with Gasteiger partial charge in [0.15, 0.2) is 0 Å². The van der Waals surface area contributed by atoms with E-state index in [2.05, 4.69) is 16.7 Å². The Morgan fingerprint density at radius 1 is 0.935 bits per heavy atom. The van der Waals surface area contributed by atoms with Crippen LogP contribution in [0.25, 0.3) is 0 Å². The first-order valence-corrected chi connectivity index (χ1v) is 10.2. The molecule has 0 saturated heterocycles. The van der Waals surface area contributed by atoms with Crippen LogP contribution in [0.15, 0.2) is 72.8 Å². The van der Waals surface area contributed by atoms with Gasteiger partial charge in [-0.1, -0.05) is 24.3 Å². The van der Waals surface area contributed by atoms with Crippen LogP contribution >= 0.6 is 0 Å². The van der Waals surface area contributed by atoms with Gasteiger partial charge in [0, 0.05) is 23.4 Å². The molecule has 0 unspecified atom stereocenters. The maximum Gasteiger partial charge on any atom is 0.255 e. The van der Waals surface area contributed by atoms with Gasteiger partial charge in [-0.25, -0.2) is 0 Å². The minimum absolute atomic E-state index is 0.142. The van der Waals surface area contributed by atoms with Crippen LogP contribution in [-0.2, 0) is 11.2 Å². The van der Waals surface area contributed by atoms with Crippen LogP contribution in [0.1, 0.15) is 37.9 Å². The molecule has 6 nitrogen and oxygen atoms in total. The zero-order chi connectivity index (χ0) is 21.6. The fourth-order valence-corrected chi connectivity index (χ4v) is 3.58. The van der Waals surface area contributed by atoms with E-state index in [1.165, 1.54) is 5.56 Å². The Labute approximate surface area is 181 Å². The Morgan fingerprint density at radius 3 is 2.35 bits per heavy atom. The monoisotopic (exact) mass is 416 g/mol. The van der Waals surface area contributed by atoms with Crippen LogP contribution in [0.5, 0.6) is 5.75 Å². The highest BCUT2D eigenvalue weighted by atomic mass is 16.5. The van der Waals surface area contributed by atoms with Gasteiger partial charge in [0.1, 0.15) is 11.9 Å². The molecule has 1 heterocycles. The Morgan fingerprint density at radius 2 is 1.61 bits per heavy atom. The summed E-state index contributed by atoms with van der Waals surface area (Å²) in [5.74, 6) is 0.279. The molecular weight excluding hydrogens is 392 g/mol. The van der Waals surface area contributed by atoms with Crippen LogP contribution in [0, 0.1) is 0 Å². The molecule has 3 aromatic rings. The summed E-state index contributed by atoms with van der Waals surface area (Å²) in [5.41, 5.74) is 4.06. The van der Waals surface area contributed by atoms with Crippen LogP contribution in [0.4, 0.5) is 5.69 Å². The van der Waals surface area contributed by atoms with Gasteiger partial charge in [-0.3, -0.25) is 9.59 Å². The molecule has 1 atom stereocenters. The second-order valence-electron chi connectivity index (χ2n) is 7.28. The smallest absolute Gasteiger partial charge is 0.255 e. The number of hydrogen-bond acceptors (Lipinski definition) is 4. The Balaban J connectivity index is 1.33. The van der Waals surface area contributed by atoms with E-state index >= 15 is 0 Å². The molecule has 6 heteroatoms. The van der Waals surface area contributed by atoms with Gasteiger partial charge in [0.2, 0.25) is 0 Å². The standard InChI is InChI=1S/C25H24N2O4/c1-30-21-12-8-19(9-13-21)25(29)27-20-10-6-18(7-11-20)24(28)26-16-23-22-5-3-2-4-17(22)14-15-31-23/h2-13,23H,14-16H2,1H3,(H,26,28)(H,27,29)/t23-/m0/s1. The molecule has 3 aromatic carbocycles. The molecule has 31 heavy (non-hydrogen) atoms. The maximum atomic E-state index is 12.5. The lowest BCUT2D eigenvalue weighted by molar-refractivity contribution is 0.0411. The number of carbonyl (C=O) groups excluding carboxylic acids is 2. The molecule has 2 amide bonds. The molecule has 1 aliphatic rings. The zero-order valence-electron chi connectivity index (χ0n) is 17.3. The molecule has 0 spiro atoms. The van der Waals surface area contributed by atoms with Crippen LogP contribution in [0.2, 0.25) is 0 Å². The number of nitrogens with one attached hydrogen (secondary N) is 2. The number of ether oxygens (including phenoxy) is 2. The van der Waals surface area contributed by atoms with Crippen molar-refractivity contribution in [2.45, 2.75) is 12.5 Å². The first-order chi connectivity index (χ1) is 15.1. The predicted octanol–water partition coefficient (Wildman–Crippen LogP) is 3.99. The average Bonchev–Trinajstić information content (AvgIpc) is 2.83. The summed E-state index contributed by atoms with van der Waals surface area (Å²) in [7, 11) is 1.58. The van der Waals surface area contributed by atoms with Gasteiger partial charge in [-0.05, 0) is 66.1 Å². The van der Waals surface area contributed by atoms with Gasteiger partial charge < -0.3 is 20.1 Å². The highest BCUT2D eigenvalue weighted by Crippen LogP contribution is 2.26. The van der Waals surface area contributed by atoms with Crippen molar-refractivity contribution in [3.63, 3.8) is 0 Å². The summed E-state index contributed by atoms with van der Waals surface area (Å²) >= 11 is 0. The summed E-state index contributed by atoms with van der Waals surface area (Å²) in [6.45, 7) is 1.06. The molecule has 0 aliphatic carbocycles. The molecule has 0 aromatic heterocycles. The Bertz CT molecular complexity index is 1060. The van der Waals surface area contributed by atoms with Crippen molar-refractivity contribution in [1.82, 2.24) is 5.32 Å². The van der Waals surface area contributed by atoms with E-state index in [1.807, 2.05) is 18.2 Å². The molecule has 0 bridgehead atoms. The number of rotatable bonds is 6. The minimum atomic E-state index is -0.229. The molecule has 0 saturated carbocycles. The quantitative estimate of drug-likeness (QED) is 0.637. The summed E-state index contributed by atoms with van der Waals surface area (Å²) in [5, 5.41) is 5.77. The third kappa shape index (κ3) is 4.92. The van der Waals surface area contributed by atoms with Crippen molar-refractivity contribution in [1.29, 1.82) is 0 Å². The maximum absolute atomic E-state index is 12.5. The van der Waals surface area contributed by atoms with E-state index in [-0.39, 0.29) is 17.9 Å². The summed E-state index contributed by atoms with van der Waals surface area (Å²) < 4.78 is 10.9. The first-order valence-electron chi connectivity index (χ1n) is 10.2. The molecular formula is C25H24N2O4. The van der Waals surface area contributed by atoms with Crippen LogP contribution < -0.4 is 15.4 Å². The normalized spacial score (nSPS) is 14.9. The van der Waals surface area contributed by atoms with Gasteiger partial charge in [0.25, 0.3) is 11.8 Å². The fraction of sp³-hybridized carbons (Fsp3) is 0.200. The summed E-state index contributed by atoms with van der Waals surface area (Å²) in [6, 6.07) is 21.8. The van der Waals surface area contributed by atoms with Crippen LogP contribution in [-0.4, -0.2) is 32.1 Å². The summed E-state index contributed by atoms with van der Waals surface area (Å²) in [6.07, 6.45) is 0.751. The third-order valence-corrected chi connectivity index (χ3v) is 5.30. The van der Waals surface area contributed by atoms with Crippen molar-refractivity contribution in [3.05, 3.63) is 95.1 Å². The number of benzene rings is 3. The number of fused-ring (bicyclic) bond motifs is 1. The number of hydrogen-bond donors (Lipinski definition) is 2. The Hall–Kier alpha value is -3.64. The van der Waals surface area contributed by atoms with Crippen molar-refractivity contribution in [2.24, 2.45) is 0 Å². The minimum Gasteiger partial charge on any atom is -0.497 e. The zero-order valence-corrected chi connectivity index (χ0v) is 17.3. The largest absolute Gasteiger partial charge is 0.497 e. The van der Waals surface area contributed by atoms with E-state index in [4.69, 9.17) is 9.47 Å². The first kappa shape index (κ1) is 20.6. The van der Waals surface area contributed by atoms with Gasteiger partial charge in [-0.2, -0.15) is 0 Å². The topological polar surface area (TPSA) is 76.7 Å². The molecule has 0 radical (unpaired) electrons. The molecule has 2 N–H and O–H groups in total. The van der Waals surface area contributed by atoms with Crippen LogP contribution in [0.3, 0.4) is 0 Å². The lowest BCUT2D eigenvalue weighted by Gasteiger charge is -2.26. The highest BCUT2D eigenvalue weighted by molar-refractivity contribution is 6.04. The molecule has 4 rings (SSSR count). The highest BCUT2D eigenvalue weighted by Gasteiger charge is 2.21. The van der Waals surface area contributed by atoms with Crippen molar-refractivity contribution in [3.8, 4) is 5.75 Å². The lowest BCUT2D eigenvalue weighted by atomic mass is 9.97. The average molecular weight is 416 g/mol. The number of anilines is 1. The summed E-state index contributed by atoms with van der Waals surface area (Å²) in [4.78, 5) is 24.9. The Kier molecular flexibility index (Phi) is 6.29. The van der Waals surface area contributed by atoms with Gasteiger partial charge in [0.05, 0.1) is 13.7 Å². The second kappa shape index (κ2) is 9.45. The lowest BCUT2D eigenvalue weighted by Crippen LogP contribution is -2.31. The molecule has 1 aliphatic heterocycles. The number of amides is 2. The SMILES string of the molecule is COc1ccc(C(=O)Nc2ccc(C(=O)NC[C@@H]3OCCc4ccccc43)cc2)cc1. The number of carbonyl (C=O) groups is 2. The van der Waals surface area contributed by atoms with E-state index in [0.29, 0.717) is 35.7 Å². The van der Waals surface area contributed by atoms with Crippen molar-refractivity contribution in [2.75, 3.05) is 25.6 Å².